The fourth-order valence-corrected chi connectivity index (χ4v) is 6.02. The van der Waals surface area contributed by atoms with Gasteiger partial charge in [-0.2, -0.15) is 0 Å². The standard InChI is InChI=1S/C30H43N5O4S2/c1-2-3-5-9-24-13-15-27(16-14-24)41(38,39)35-26-11-8-10-25(22-26)28-23-40-30(33-28)34-29(37)12-6-4-7-17-31-18-19-32-20-21-36/h8,10-11,13-16,22-23,31-32,35-36H,2-7,9,12,17-21H2,1H3,(H,33,34,37). The number of anilines is 2. The molecule has 1 amide bonds. The molecule has 0 fully saturated rings. The number of carbonyl (C=O) groups excluding carboxylic acids is 1. The highest BCUT2D eigenvalue weighted by atomic mass is 32.2. The number of benzene rings is 2. The highest BCUT2D eigenvalue weighted by Crippen LogP contribution is 2.28. The number of aliphatic hydroxyl groups is 1. The Hall–Kier alpha value is -2.83. The quantitative estimate of drug-likeness (QED) is 0.115. The van der Waals surface area contributed by atoms with Crippen LogP contribution in [0.5, 0.6) is 0 Å². The first-order valence-electron chi connectivity index (χ1n) is 14.4. The zero-order chi connectivity index (χ0) is 29.3. The Kier molecular flexibility index (Phi) is 14.2. The van der Waals surface area contributed by atoms with Gasteiger partial charge in [-0.15, -0.1) is 11.3 Å². The van der Waals surface area contributed by atoms with Crippen molar-refractivity contribution in [2.45, 2.75) is 63.2 Å². The summed E-state index contributed by atoms with van der Waals surface area (Å²) in [5, 5.41) is 20.4. The third-order valence-electron chi connectivity index (χ3n) is 6.49. The molecular formula is C30H43N5O4S2. The summed E-state index contributed by atoms with van der Waals surface area (Å²) in [6, 6.07) is 14.2. The van der Waals surface area contributed by atoms with Gasteiger partial charge in [0.25, 0.3) is 10.0 Å². The molecule has 0 aliphatic heterocycles. The molecular weight excluding hydrogens is 558 g/mol. The second-order valence-corrected chi connectivity index (χ2v) is 12.4. The Morgan fingerprint density at radius 1 is 0.927 bits per heavy atom. The van der Waals surface area contributed by atoms with Gasteiger partial charge in [0.1, 0.15) is 0 Å². The smallest absolute Gasteiger partial charge is 0.261 e. The maximum atomic E-state index is 13.0. The average molecular weight is 602 g/mol. The van der Waals surface area contributed by atoms with E-state index in [-0.39, 0.29) is 17.4 Å². The van der Waals surface area contributed by atoms with Crippen LogP contribution in [0.25, 0.3) is 11.3 Å². The molecule has 0 aliphatic rings. The number of carbonyl (C=O) groups is 1. The van der Waals surface area contributed by atoms with Gasteiger partial charge in [-0.3, -0.25) is 9.52 Å². The number of amides is 1. The fourth-order valence-electron chi connectivity index (χ4n) is 4.23. The SMILES string of the molecule is CCCCCc1ccc(S(=O)(=O)Nc2cccc(-c3csc(NC(=O)CCCCCNCCNCCO)n3)c2)cc1. The molecule has 9 nitrogen and oxygen atoms in total. The van der Waals surface area contributed by atoms with Crippen LogP contribution in [0.3, 0.4) is 0 Å². The summed E-state index contributed by atoms with van der Waals surface area (Å²) in [6.07, 6.45) is 7.55. The highest BCUT2D eigenvalue weighted by molar-refractivity contribution is 7.92. The summed E-state index contributed by atoms with van der Waals surface area (Å²) < 4.78 is 28.6. The summed E-state index contributed by atoms with van der Waals surface area (Å²) in [7, 11) is -3.73. The minimum absolute atomic E-state index is 0.0649. The predicted molar refractivity (Wildman–Crippen MR) is 168 cm³/mol. The minimum atomic E-state index is -3.73. The van der Waals surface area contributed by atoms with Crippen molar-refractivity contribution in [1.29, 1.82) is 0 Å². The van der Waals surface area contributed by atoms with Crippen molar-refractivity contribution in [3.05, 3.63) is 59.5 Å². The molecule has 1 heterocycles. The Morgan fingerprint density at radius 3 is 2.46 bits per heavy atom. The molecule has 3 rings (SSSR count). The van der Waals surface area contributed by atoms with Crippen LogP contribution in [0, 0.1) is 0 Å². The van der Waals surface area contributed by atoms with Crippen LogP contribution in [0.2, 0.25) is 0 Å². The molecule has 5 N–H and O–H groups in total. The molecule has 0 radical (unpaired) electrons. The molecule has 0 spiro atoms. The lowest BCUT2D eigenvalue weighted by atomic mass is 10.1. The number of aryl methyl sites for hydroxylation is 1. The van der Waals surface area contributed by atoms with E-state index in [0.29, 0.717) is 29.5 Å². The summed E-state index contributed by atoms with van der Waals surface area (Å²) in [5.74, 6) is -0.0649. The summed E-state index contributed by atoms with van der Waals surface area (Å²) in [5.41, 5.74) is 3.01. The zero-order valence-corrected chi connectivity index (χ0v) is 25.5. The van der Waals surface area contributed by atoms with Crippen LogP contribution < -0.4 is 20.7 Å². The maximum absolute atomic E-state index is 13.0. The predicted octanol–water partition coefficient (Wildman–Crippen LogP) is 5.01. The minimum Gasteiger partial charge on any atom is -0.395 e. The zero-order valence-electron chi connectivity index (χ0n) is 23.8. The lowest BCUT2D eigenvalue weighted by molar-refractivity contribution is -0.116. The van der Waals surface area contributed by atoms with E-state index < -0.39 is 10.0 Å². The number of sulfonamides is 1. The molecule has 11 heteroatoms. The van der Waals surface area contributed by atoms with E-state index >= 15 is 0 Å². The lowest BCUT2D eigenvalue weighted by Crippen LogP contribution is -2.29. The molecule has 0 saturated heterocycles. The van der Waals surface area contributed by atoms with Crippen molar-refractivity contribution >= 4 is 38.1 Å². The molecule has 1 aromatic heterocycles. The summed E-state index contributed by atoms with van der Waals surface area (Å²) in [4.78, 5) is 17.1. The van der Waals surface area contributed by atoms with E-state index in [2.05, 4.69) is 32.6 Å². The number of aromatic nitrogens is 1. The highest BCUT2D eigenvalue weighted by Gasteiger charge is 2.15. The molecule has 0 aliphatic carbocycles. The third-order valence-corrected chi connectivity index (χ3v) is 8.64. The second-order valence-electron chi connectivity index (χ2n) is 9.91. The van der Waals surface area contributed by atoms with Crippen molar-refractivity contribution in [3.8, 4) is 11.3 Å². The van der Waals surface area contributed by atoms with Crippen molar-refractivity contribution < 1.29 is 18.3 Å². The van der Waals surface area contributed by atoms with E-state index in [4.69, 9.17) is 5.11 Å². The first kappa shape index (κ1) is 32.7. The topological polar surface area (TPSA) is 132 Å². The lowest BCUT2D eigenvalue weighted by Gasteiger charge is -2.10. The number of nitrogens with zero attached hydrogens (tertiary/aromatic N) is 1. The van der Waals surface area contributed by atoms with Gasteiger partial charge in [-0.1, -0.05) is 50.5 Å². The molecule has 224 valence electrons. The average Bonchev–Trinajstić information content (AvgIpc) is 3.43. The van der Waals surface area contributed by atoms with E-state index in [1.54, 1.807) is 30.3 Å². The van der Waals surface area contributed by atoms with Gasteiger partial charge in [0.2, 0.25) is 5.91 Å². The van der Waals surface area contributed by atoms with Crippen LogP contribution in [0.1, 0.15) is 57.4 Å². The Labute approximate surface area is 248 Å². The van der Waals surface area contributed by atoms with Gasteiger partial charge < -0.3 is 21.1 Å². The van der Waals surface area contributed by atoms with Crippen LogP contribution in [0.15, 0.2) is 58.8 Å². The Bertz CT molecular complexity index is 1300. The van der Waals surface area contributed by atoms with Gasteiger partial charge >= 0.3 is 0 Å². The molecule has 41 heavy (non-hydrogen) atoms. The van der Waals surface area contributed by atoms with E-state index in [1.165, 1.54) is 11.3 Å². The number of thiazole rings is 1. The van der Waals surface area contributed by atoms with Gasteiger partial charge in [0.05, 0.1) is 17.2 Å². The van der Waals surface area contributed by atoms with E-state index in [0.717, 1.165) is 75.7 Å². The first-order valence-corrected chi connectivity index (χ1v) is 16.8. The number of hydrogen-bond acceptors (Lipinski definition) is 8. The second kappa shape index (κ2) is 17.9. The molecule has 0 bridgehead atoms. The normalized spacial score (nSPS) is 11.5. The van der Waals surface area contributed by atoms with Crippen molar-refractivity contribution in [2.24, 2.45) is 0 Å². The van der Waals surface area contributed by atoms with Crippen LogP contribution in [0.4, 0.5) is 10.8 Å². The monoisotopic (exact) mass is 601 g/mol. The van der Waals surface area contributed by atoms with Gasteiger partial charge in [0, 0.05) is 42.7 Å². The van der Waals surface area contributed by atoms with Crippen LogP contribution in [-0.4, -0.2) is 57.2 Å². The van der Waals surface area contributed by atoms with Crippen LogP contribution >= 0.6 is 11.3 Å². The van der Waals surface area contributed by atoms with E-state index in [1.807, 2.05) is 23.6 Å². The number of unbranched alkanes of at least 4 members (excludes halogenated alkanes) is 4. The maximum Gasteiger partial charge on any atom is 0.261 e. The van der Waals surface area contributed by atoms with Gasteiger partial charge in [0.15, 0.2) is 5.13 Å². The molecule has 0 saturated carbocycles. The number of rotatable bonds is 20. The molecule has 0 atom stereocenters. The largest absolute Gasteiger partial charge is 0.395 e. The fraction of sp³-hybridized carbons (Fsp3) is 0.467. The number of nitrogens with one attached hydrogen (secondary N) is 4. The Morgan fingerprint density at radius 2 is 1.71 bits per heavy atom. The third kappa shape index (κ3) is 11.9. The van der Waals surface area contributed by atoms with Gasteiger partial charge in [-0.05, 0) is 62.1 Å². The first-order chi connectivity index (χ1) is 19.9. The number of aliphatic hydroxyl groups excluding tert-OH is 1. The summed E-state index contributed by atoms with van der Waals surface area (Å²) >= 11 is 1.34. The molecule has 2 aromatic carbocycles. The van der Waals surface area contributed by atoms with Crippen molar-refractivity contribution in [1.82, 2.24) is 15.6 Å². The van der Waals surface area contributed by atoms with Crippen molar-refractivity contribution in [3.63, 3.8) is 0 Å². The Balaban J connectivity index is 1.45. The van der Waals surface area contributed by atoms with Gasteiger partial charge in [-0.25, -0.2) is 13.4 Å². The van der Waals surface area contributed by atoms with Crippen molar-refractivity contribution in [2.75, 3.05) is 42.8 Å². The molecule has 0 unspecified atom stereocenters. The number of hydrogen-bond donors (Lipinski definition) is 5. The van der Waals surface area contributed by atoms with E-state index in [9.17, 15) is 13.2 Å². The molecule has 3 aromatic rings. The summed E-state index contributed by atoms with van der Waals surface area (Å²) in [6.45, 7) is 5.51. The van der Waals surface area contributed by atoms with Crippen LogP contribution in [-0.2, 0) is 21.2 Å².